The van der Waals surface area contributed by atoms with E-state index in [2.05, 4.69) is 10.3 Å². The van der Waals surface area contributed by atoms with Crippen molar-refractivity contribution in [2.24, 2.45) is 5.92 Å². The Bertz CT molecular complexity index is 1760. The second kappa shape index (κ2) is 11.1. The number of aryl methyl sites for hydroxylation is 2. The molecular weight excluding hydrogens is 574 g/mol. The quantitative estimate of drug-likeness (QED) is 0.290. The van der Waals surface area contributed by atoms with E-state index in [4.69, 9.17) is 9.47 Å². The number of amides is 3. The number of methoxy groups -OCH3 is 1. The van der Waals surface area contributed by atoms with Crippen molar-refractivity contribution < 1.29 is 23.9 Å². The topological polar surface area (TPSA) is 118 Å². The van der Waals surface area contributed by atoms with Crippen LogP contribution in [0.3, 0.4) is 0 Å². The van der Waals surface area contributed by atoms with Gasteiger partial charge in [-0.15, -0.1) is 0 Å². The molecule has 11 heteroatoms. The van der Waals surface area contributed by atoms with Crippen LogP contribution in [0.5, 0.6) is 11.5 Å². The van der Waals surface area contributed by atoms with Crippen molar-refractivity contribution in [3.63, 3.8) is 0 Å². The predicted molar refractivity (Wildman–Crippen MR) is 162 cm³/mol. The van der Waals surface area contributed by atoms with Crippen LogP contribution >= 0.6 is 23.1 Å². The zero-order chi connectivity index (χ0) is 29.5. The van der Waals surface area contributed by atoms with Gasteiger partial charge in [0.25, 0.3) is 5.91 Å². The molecule has 1 fully saturated rings. The lowest BCUT2D eigenvalue weighted by Crippen LogP contribution is -2.32. The van der Waals surface area contributed by atoms with Crippen molar-refractivity contribution in [1.82, 2.24) is 4.98 Å². The number of imide groups is 1. The lowest BCUT2D eigenvalue weighted by Gasteiger charge is -2.30. The minimum absolute atomic E-state index is 0.240. The normalized spacial score (nSPS) is 19.3. The fraction of sp³-hybridized carbons (Fsp3) is 0.226. The Morgan fingerprint density at radius 2 is 1.74 bits per heavy atom. The highest BCUT2D eigenvalue weighted by Crippen LogP contribution is 2.53. The summed E-state index contributed by atoms with van der Waals surface area (Å²) in [6.45, 7) is 3.64. The van der Waals surface area contributed by atoms with Gasteiger partial charge in [-0.25, -0.2) is 4.90 Å². The Labute approximate surface area is 249 Å². The molecule has 9 nitrogen and oxygen atoms in total. The minimum atomic E-state index is -0.723. The molecular formula is C31H27N3O6S2. The van der Waals surface area contributed by atoms with Crippen LogP contribution in [-0.2, 0) is 14.4 Å². The lowest BCUT2D eigenvalue weighted by molar-refractivity contribution is -0.122. The first-order valence-electron chi connectivity index (χ1n) is 13.2. The number of aromatic amines is 1. The first-order valence-corrected chi connectivity index (χ1v) is 14.9. The largest absolute Gasteiger partial charge is 0.493 e. The Hall–Kier alpha value is -4.35. The van der Waals surface area contributed by atoms with Crippen LogP contribution in [-0.4, -0.2) is 41.7 Å². The molecule has 0 spiro atoms. The van der Waals surface area contributed by atoms with Crippen LogP contribution in [0.2, 0.25) is 0 Å². The number of thioether (sulfide) groups is 1. The van der Waals surface area contributed by atoms with Gasteiger partial charge in [0.05, 0.1) is 23.7 Å². The molecule has 214 valence electrons. The number of H-pyrrole nitrogens is 1. The van der Waals surface area contributed by atoms with Gasteiger partial charge in [-0.05, 0) is 61.4 Å². The highest BCUT2D eigenvalue weighted by Gasteiger charge is 2.56. The lowest BCUT2D eigenvalue weighted by atomic mass is 9.83. The molecule has 0 aliphatic carbocycles. The third-order valence-corrected chi connectivity index (χ3v) is 9.72. The number of hydrogen-bond donors (Lipinski definition) is 2. The first-order chi connectivity index (χ1) is 20.2. The van der Waals surface area contributed by atoms with Gasteiger partial charge in [0, 0.05) is 16.5 Å². The summed E-state index contributed by atoms with van der Waals surface area (Å²) in [5, 5.41) is 2.70. The molecule has 3 atom stereocenters. The predicted octanol–water partition coefficient (Wildman–Crippen LogP) is 4.88. The zero-order valence-corrected chi connectivity index (χ0v) is 24.6. The van der Waals surface area contributed by atoms with Crippen LogP contribution in [0.1, 0.15) is 27.5 Å². The van der Waals surface area contributed by atoms with Crippen molar-refractivity contribution >= 4 is 52.2 Å². The molecule has 0 radical (unpaired) electrons. The molecule has 3 heterocycles. The summed E-state index contributed by atoms with van der Waals surface area (Å²) in [5.41, 5.74) is 3.93. The summed E-state index contributed by atoms with van der Waals surface area (Å²) in [6, 6.07) is 19.9. The van der Waals surface area contributed by atoms with E-state index in [0.29, 0.717) is 38.3 Å². The average Bonchev–Trinajstić information content (AvgIpc) is 3.46. The van der Waals surface area contributed by atoms with Gasteiger partial charge < -0.3 is 19.8 Å². The molecule has 0 saturated carbocycles. The molecule has 4 aromatic rings. The number of benzene rings is 3. The van der Waals surface area contributed by atoms with E-state index in [1.165, 1.54) is 23.8 Å². The van der Waals surface area contributed by atoms with Gasteiger partial charge >= 0.3 is 4.87 Å². The number of thiazole rings is 1. The highest BCUT2D eigenvalue weighted by molar-refractivity contribution is 8.00. The maximum Gasteiger partial charge on any atom is 0.305 e. The van der Waals surface area contributed by atoms with Crippen molar-refractivity contribution in [3.05, 3.63) is 98.0 Å². The van der Waals surface area contributed by atoms with Gasteiger partial charge in [-0.3, -0.25) is 19.2 Å². The smallest absolute Gasteiger partial charge is 0.305 e. The molecule has 2 N–H and O–H groups in total. The summed E-state index contributed by atoms with van der Waals surface area (Å²) in [4.78, 5) is 57.0. The number of ether oxygens (including phenoxy) is 2. The number of anilines is 2. The molecule has 2 aliphatic heterocycles. The van der Waals surface area contributed by atoms with Crippen LogP contribution in [0.25, 0.3) is 0 Å². The molecule has 1 saturated heterocycles. The summed E-state index contributed by atoms with van der Waals surface area (Å²) >= 11 is 2.27. The van der Waals surface area contributed by atoms with Gasteiger partial charge in [0.1, 0.15) is 5.25 Å². The zero-order valence-electron chi connectivity index (χ0n) is 23.0. The van der Waals surface area contributed by atoms with E-state index in [-0.39, 0.29) is 29.2 Å². The minimum Gasteiger partial charge on any atom is -0.493 e. The Kier molecular flexibility index (Phi) is 7.38. The molecule has 1 aromatic heterocycles. The van der Waals surface area contributed by atoms with Crippen LogP contribution in [0, 0.1) is 19.8 Å². The third-order valence-electron chi connectivity index (χ3n) is 7.32. The molecule has 6 rings (SSSR count). The van der Waals surface area contributed by atoms with Crippen LogP contribution < -0.4 is 24.6 Å². The van der Waals surface area contributed by atoms with Gasteiger partial charge in [-0.2, -0.15) is 0 Å². The molecule has 3 amide bonds. The number of aromatic nitrogens is 1. The molecule has 3 aromatic carbocycles. The SMILES string of the molecule is COc1cc(C2c3sc(=O)[nH]c3SC3C(=O)N(c4ccc(C)cc4)C(=O)C32)ccc1OCC(=O)Nc1cccc(C)c1. The van der Waals surface area contributed by atoms with E-state index in [1.807, 2.05) is 44.2 Å². The van der Waals surface area contributed by atoms with Gasteiger partial charge in [0.2, 0.25) is 11.8 Å². The molecule has 2 aliphatic rings. The van der Waals surface area contributed by atoms with Gasteiger partial charge in [0.15, 0.2) is 18.1 Å². The third kappa shape index (κ3) is 5.10. The van der Waals surface area contributed by atoms with Crippen molar-refractivity contribution in [1.29, 1.82) is 0 Å². The fourth-order valence-corrected chi connectivity index (χ4v) is 7.90. The molecule has 42 heavy (non-hydrogen) atoms. The van der Waals surface area contributed by atoms with Crippen LogP contribution in [0.15, 0.2) is 76.6 Å². The van der Waals surface area contributed by atoms with E-state index >= 15 is 0 Å². The summed E-state index contributed by atoms with van der Waals surface area (Å²) in [6.07, 6.45) is 0. The van der Waals surface area contributed by atoms with E-state index in [9.17, 15) is 19.2 Å². The fourth-order valence-electron chi connectivity index (χ4n) is 5.38. The number of nitrogens with zero attached hydrogens (tertiary/aromatic N) is 1. The summed E-state index contributed by atoms with van der Waals surface area (Å²) < 4.78 is 11.4. The van der Waals surface area contributed by atoms with Crippen molar-refractivity contribution in [2.45, 2.75) is 30.0 Å². The number of carbonyl (C=O) groups excluding carboxylic acids is 3. The number of carbonyl (C=O) groups is 3. The summed E-state index contributed by atoms with van der Waals surface area (Å²) in [7, 11) is 1.49. The number of rotatable bonds is 7. The first kappa shape index (κ1) is 27.8. The van der Waals surface area contributed by atoms with Gasteiger partial charge in [-0.1, -0.05) is 59.0 Å². The molecule has 3 unspecified atom stereocenters. The Morgan fingerprint density at radius 1 is 0.952 bits per heavy atom. The monoisotopic (exact) mass is 601 g/mol. The average molecular weight is 602 g/mol. The maximum absolute atomic E-state index is 13.9. The summed E-state index contributed by atoms with van der Waals surface area (Å²) in [5.74, 6) is -1.53. The molecule has 0 bridgehead atoms. The van der Waals surface area contributed by atoms with Crippen molar-refractivity contribution in [2.75, 3.05) is 23.9 Å². The van der Waals surface area contributed by atoms with E-state index in [1.54, 1.807) is 36.4 Å². The van der Waals surface area contributed by atoms with E-state index < -0.39 is 17.1 Å². The highest BCUT2D eigenvalue weighted by atomic mass is 32.2. The second-order valence-corrected chi connectivity index (χ2v) is 12.4. The Morgan fingerprint density at radius 3 is 2.48 bits per heavy atom. The standard InChI is InChI=1S/C31H27N3O6S2/c1-16-7-10-20(11-8-16)34-29(36)25-24(26-28(33-31(38)42-26)41-27(25)30(34)37)18-9-12-21(22(14-18)39-3)40-15-23(35)32-19-6-4-5-17(2)13-19/h4-14,24-25,27H,15H2,1-3H3,(H,32,35)(H,33,38). The van der Waals surface area contributed by atoms with Crippen LogP contribution in [0.4, 0.5) is 11.4 Å². The number of nitrogens with one attached hydrogen (secondary N) is 2. The second-order valence-electron chi connectivity index (χ2n) is 10.2. The maximum atomic E-state index is 13.9. The van der Waals surface area contributed by atoms with Crippen molar-refractivity contribution in [3.8, 4) is 11.5 Å². The number of fused-ring (bicyclic) bond motifs is 2. The number of hydrogen-bond acceptors (Lipinski definition) is 8. The Balaban J connectivity index is 1.30. The van der Waals surface area contributed by atoms with E-state index in [0.717, 1.165) is 22.5 Å².